The van der Waals surface area contributed by atoms with Crippen molar-refractivity contribution >= 4 is 34.8 Å². The van der Waals surface area contributed by atoms with Crippen LogP contribution in [0.3, 0.4) is 0 Å². The van der Waals surface area contributed by atoms with Crippen LogP contribution < -0.4 is 5.73 Å². The number of benzene rings is 1. The lowest BCUT2D eigenvalue weighted by atomic mass is 10.2. The summed E-state index contributed by atoms with van der Waals surface area (Å²) in [6, 6.07) is 5.30. The molecule has 1 amide bonds. The molecular formula is C13H14Cl2N4O. The van der Waals surface area contributed by atoms with Gasteiger partial charge >= 0.3 is 0 Å². The molecule has 1 heterocycles. The van der Waals surface area contributed by atoms with Crippen molar-refractivity contribution in [1.82, 2.24) is 14.7 Å². The second kappa shape index (κ2) is 6.15. The highest BCUT2D eigenvalue weighted by Crippen LogP contribution is 2.23. The van der Waals surface area contributed by atoms with Crippen LogP contribution in [0.1, 0.15) is 5.56 Å². The smallest absolute Gasteiger partial charge is 0.244 e. The normalized spacial score (nSPS) is 10.6. The van der Waals surface area contributed by atoms with Gasteiger partial charge in [0.05, 0.1) is 21.9 Å². The van der Waals surface area contributed by atoms with Gasteiger partial charge in [-0.05, 0) is 17.7 Å². The van der Waals surface area contributed by atoms with E-state index < -0.39 is 0 Å². The van der Waals surface area contributed by atoms with Crippen LogP contribution in [-0.2, 0) is 17.9 Å². The predicted molar refractivity (Wildman–Crippen MR) is 79.6 cm³/mol. The van der Waals surface area contributed by atoms with Crippen molar-refractivity contribution in [3.63, 3.8) is 0 Å². The minimum Gasteiger partial charge on any atom is -0.396 e. The van der Waals surface area contributed by atoms with E-state index >= 15 is 0 Å². The lowest BCUT2D eigenvalue weighted by molar-refractivity contribution is -0.131. The van der Waals surface area contributed by atoms with Crippen LogP contribution in [0, 0.1) is 0 Å². The molecule has 0 aliphatic heterocycles. The Kier molecular flexibility index (Phi) is 4.52. The Balaban J connectivity index is 1.98. The Morgan fingerprint density at radius 2 is 2.15 bits per heavy atom. The molecule has 0 unspecified atom stereocenters. The molecule has 0 spiro atoms. The zero-order valence-electron chi connectivity index (χ0n) is 10.9. The van der Waals surface area contributed by atoms with E-state index in [-0.39, 0.29) is 12.5 Å². The minimum atomic E-state index is -0.0702. The number of carbonyl (C=O) groups excluding carboxylic acids is 1. The SMILES string of the molecule is CN(Cc1ccc(Cl)c(Cl)c1)C(=O)Cn1cc(N)cn1. The Bertz CT molecular complexity index is 627. The summed E-state index contributed by atoms with van der Waals surface area (Å²) in [5.41, 5.74) is 6.99. The van der Waals surface area contributed by atoms with E-state index in [4.69, 9.17) is 28.9 Å². The van der Waals surface area contributed by atoms with Gasteiger partial charge in [0.25, 0.3) is 0 Å². The van der Waals surface area contributed by atoms with Gasteiger partial charge in [-0.2, -0.15) is 5.10 Å². The summed E-state index contributed by atoms with van der Waals surface area (Å²) in [6.07, 6.45) is 3.12. The van der Waals surface area contributed by atoms with Gasteiger partial charge in [-0.15, -0.1) is 0 Å². The number of rotatable bonds is 4. The number of aromatic nitrogens is 2. The number of nitrogens with two attached hydrogens (primary N) is 1. The van der Waals surface area contributed by atoms with Crippen LogP contribution >= 0.6 is 23.2 Å². The van der Waals surface area contributed by atoms with Crippen molar-refractivity contribution in [3.05, 3.63) is 46.2 Å². The molecule has 2 N–H and O–H groups in total. The van der Waals surface area contributed by atoms with Crippen molar-refractivity contribution in [2.45, 2.75) is 13.1 Å². The Hall–Kier alpha value is -1.72. The van der Waals surface area contributed by atoms with Crippen LogP contribution in [0.15, 0.2) is 30.6 Å². The largest absolute Gasteiger partial charge is 0.396 e. The zero-order chi connectivity index (χ0) is 14.7. The Morgan fingerprint density at radius 1 is 1.40 bits per heavy atom. The first-order valence-corrected chi connectivity index (χ1v) is 6.67. The molecule has 0 aliphatic carbocycles. The van der Waals surface area contributed by atoms with Gasteiger partial charge < -0.3 is 10.6 Å². The van der Waals surface area contributed by atoms with Gasteiger partial charge in [0.1, 0.15) is 6.54 Å². The van der Waals surface area contributed by atoms with Crippen molar-refractivity contribution < 1.29 is 4.79 Å². The van der Waals surface area contributed by atoms with Crippen LogP contribution in [0.4, 0.5) is 5.69 Å². The van der Waals surface area contributed by atoms with Gasteiger partial charge in [-0.25, -0.2) is 0 Å². The van der Waals surface area contributed by atoms with Gasteiger partial charge in [0.2, 0.25) is 5.91 Å². The molecule has 0 atom stereocenters. The fourth-order valence-electron chi connectivity index (χ4n) is 1.73. The standard InChI is InChI=1S/C13H14Cl2N4O/c1-18(6-9-2-3-11(14)12(15)4-9)13(20)8-19-7-10(16)5-17-19/h2-5,7H,6,8,16H2,1H3. The molecule has 20 heavy (non-hydrogen) atoms. The maximum absolute atomic E-state index is 12.0. The molecule has 0 radical (unpaired) electrons. The minimum absolute atomic E-state index is 0.0702. The lowest BCUT2D eigenvalue weighted by Crippen LogP contribution is -2.29. The fraction of sp³-hybridized carbons (Fsp3) is 0.231. The number of hydrogen-bond donors (Lipinski definition) is 1. The molecule has 2 aromatic rings. The van der Waals surface area contributed by atoms with Crippen LogP contribution in [-0.4, -0.2) is 27.6 Å². The van der Waals surface area contributed by atoms with Crippen molar-refractivity contribution in [2.24, 2.45) is 0 Å². The number of nitrogen functional groups attached to an aromatic ring is 1. The second-order valence-corrected chi connectivity index (χ2v) is 5.28. The van der Waals surface area contributed by atoms with Gasteiger partial charge in [-0.3, -0.25) is 9.48 Å². The van der Waals surface area contributed by atoms with Crippen LogP contribution in [0.25, 0.3) is 0 Å². The maximum Gasteiger partial charge on any atom is 0.244 e. The molecule has 0 fully saturated rings. The third-order valence-electron chi connectivity index (χ3n) is 2.78. The molecule has 0 saturated heterocycles. The summed E-state index contributed by atoms with van der Waals surface area (Å²) in [6.45, 7) is 0.599. The van der Waals surface area contributed by atoms with Gasteiger partial charge in [-0.1, -0.05) is 29.3 Å². The van der Waals surface area contributed by atoms with Crippen molar-refractivity contribution in [3.8, 4) is 0 Å². The summed E-state index contributed by atoms with van der Waals surface area (Å²) in [5, 5.41) is 4.95. The summed E-state index contributed by atoms with van der Waals surface area (Å²) in [5.74, 6) is -0.0702. The number of carbonyl (C=O) groups is 1. The third-order valence-corrected chi connectivity index (χ3v) is 3.52. The van der Waals surface area contributed by atoms with E-state index in [0.29, 0.717) is 22.3 Å². The number of anilines is 1. The van der Waals surface area contributed by atoms with E-state index in [2.05, 4.69) is 5.10 Å². The number of halogens is 2. The molecule has 1 aromatic heterocycles. The molecule has 1 aromatic carbocycles. The van der Waals surface area contributed by atoms with E-state index in [1.165, 1.54) is 10.9 Å². The number of amides is 1. The molecule has 5 nitrogen and oxygen atoms in total. The monoisotopic (exact) mass is 312 g/mol. The van der Waals surface area contributed by atoms with Crippen molar-refractivity contribution in [1.29, 1.82) is 0 Å². The average Bonchev–Trinajstić information content (AvgIpc) is 2.79. The average molecular weight is 313 g/mol. The second-order valence-electron chi connectivity index (χ2n) is 4.47. The van der Waals surface area contributed by atoms with E-state index in [0.717, 1.165) is 5.56 Å². The molecule has 0 saturated carbocycles. The van der Waals surface area contributed by atoms with Crippen LogP contribution in [0.2, 0.25) is 10.0 Å². The molecule has 0 bridgehead atoms. The topological polar surface area (TPSA) is 64.2 Å². The molecule has 0 aliphatic rings. The van der Waals surface area contributed by atoms with Gasteiger partial charge in [0.15, 0.2) is 0 Å². The number of nitrogens with zero attached hydrogens (tertiary/aromatic N) is 3. The first-order chi connectivity index (χ1) is 9.45. The van der Waals surface area contributed by atoms with E-state index in [1.807, 2.05) is 6.07 Å². The predicted octanol–water partition coefficient (Wildman–Crippen LogP) is 2.43. The molecule has 106 valence electrons. The first-order valence-electron chi connectivity index (χ1n) is 5.91. The zero-order valence-corrected chi connectivity index (χ0v) is 12.4. The highest BCUT2D eigenvalue weighted by atomic mass is 35.5. The van der Waals surface area contributed by atoms with E-state index in [9.17, 15) is 4.79 Å². The Morgan fingerprint density at radius 3 is 2.75 bits per heavy atom. The molecule has 7 heteroatoms. The third kappa shape index (κ3) is 3.65. The number of hydrogen-bond acceptors (Lipinski definition) is 3. The summed E-state index contributed by atoms with van der Waals surface area (Å²) < 4.78 is 1.50. The summed E-state index contributed by atoms with van der Waals surface area (Å²) in [7, 11) is 1.72. The van der Waals surface area contributed by atoms with E-state index in [1.54, 1.807) is 30.3 Å². The summed E-state index contributed by atoms with van der Waals surface area (Å²) in [4.78, 5) is 13.6. The number of likely N-dealkylation sites (N-methyl/N-ethyl adjacent to an activating group) is 1. The highest BCUT2D eigenvalue weighted by molar-refractivity contribution is 6.42. The first kappa shape index (κ1) is 14.7. The quantitative estimate of drug-likeness (QED) is 0.943. The molecule has 2 rings (SSSR count). The Labute approximate surface area is 126 Å². The highest BCUT2D eigenvalue weighted by Gasteiger charge is 2.11. The van der Waals surface area contributed by atoms with Gasteiger partial charge in [0, 0.05) is 19.8 Å². The lowest BCUT2D eigenvalue weighted by Gasteiger charge is -2.17. The maximum atomic E-state index is 12.0. The fourth-order valence-corrected chi connectivity index (χ4v) is 2.05. The summed E-state index contributed by atoms with van der Waals surface area (Å²) >= 11 is 11.8. The van der Waals surface area contributed by atoms with Crippen molar-refractivity contribution in [2.75, 3.05) is 12.8 Å². The van der Waals surface area contributed by atoms with Crippen LogP contribution in [0.5, 0.6) is 0 Å². The molecular weight excluding hydrogens is 299 g/mol.